The van der Waals surface area contributed by atoms with Crippen molar-refractivity contribution >= 4 is 23.2 Å². The first kappa shape index (κ1) is 16.0. The van der Waals surface area contributed by atoms with Crippen molar-refractivity contribution in [1.82, 2.24) is 34.5 Å². The number of furan rings is 1. The average molecular weight is 373 g/mol. The van der Waals surface area contributed by atoms with Gasteiger partial charge in [-0.05, 0) is 25.1 Å². The lowest BCUT2D eigenvalue weighted by Crippen LogP contribution is -2.05. The van der Waals surface area contributed by atoms with E-state index in [4.69, 9.17) is 10.2 Å². The fraction of sp³-hybridized carbons (Fsp3) is 0.0556. The first-order chi connectivity index (χ1) is 13.7. The van der Waals surface area contributed by atoms with E-state index in [2.05, 4.69) is 35.5 Å². The number of hydrogen-bond acceptors (Lipinski definition) is 8. The van der Waals surface area contributed by atoms with Gasteiger partial charge in [-0.15, -0.1) is 0 Å². The van der Waals surface area contributed by atoms with E-state index in [0.717, 1.165) is 16.8 Å². The van der Waals surface area contributed by atoms with Crippen LogP contribution in [0.5, 0.6) is 0 Å². The fourth-order valence-electron chi connectivity index (χ4n) is 3.00. The lowest BCUT2D eigenvalue weighted by molar-refractivity contribution is 0.568. The Balaban J connectivity index is 1.75. The fourth-order valence-corrected chi connectivity index (χ4v) is 3.00. The Morgan fingerprint density at radius 3 is 2.75 bits per heavy atom. The minimum absolute atomic E-state index is 0.147. The van der Waals surface area contributed by atoms with E-state index in [0.29, 0.717) is 29.0 Å². The van der Waals surface area contributed by atoms with E-state index in [1.165, 1.54) is 0 Å². The molecule has 0 bridgehead atoms. The molecule has 0 spiro atoms. The van der Waals surface area contributed by atoms with Crippen LogP contribution in [0.1, 0.15) is 5.82 Å². The topological polar surface area (TPSA) is 136 Å². The van der Waals surface area contributed by atoms with Gasteiger partial charge in [0.1, 0.15) is 17.2 Å². The molecule has 0 atom stereocenters. The first-order valence-corrected chi connectivity index (χ1v) is 8.47. The maximum absolute atomic E-state index is 5.86. The van der Waals surface area contributed by atoms with Crippen LogP contribution in [0.15, 0.2) is 53.6 Å². The average Bonchev–Trinajstić information content (AvgIpc) is 3.41. The van der Waals surface area contributed by atoms with Crippen molar-refractivity contribution in [1.29, 1.82) is 0 Å². The second-order valence-electron chi connectivity index (χ2n) is 6.12. The molecular weight excluding hydrogens is 358 g/mol. The third-order valence-corrected chi connectivity index (χ3v) is 4.20. The van der Waals surface area contributed by atoms with Gasteiger partial charge in [-0.1, -0.05) is 0 Å². The Kier molecular flexibility index (Phi) is 3.54. The Labute approximate surface area is 158 Å². The molecule has 0 saturated heterocycles. The molecule has 138 valence electrons. The molecular formula is C18H15N9O. The number of rotatable bonds is 4. The number of aryl methyl sites for hydroxylation is 1. The van der Waals surface area contributed by atoms with Gasteiger partial charge in [0.05, 0.1) is 12.5 Å². The summed E-state index contributed by atoms with van der Waals surface area (Å²) < 4.78 is 7.11. The summed E-state index contributed by atoms with van der Waals surface area (Å²) in [5.74, 6) is 2.27. The van der Waals surface area contributed by atoms with E-state index in [1.807, 2.05) is 28.8 Å². The summed E-state index contributed by atoms with van der Waals surface area (Å²) in [4.78, 5) is 17.5. The number of imidazole rings is 1. The minimum Gasteiger partial charge on any atom is -0.472 e. The van der Waals surface area contributed by atoms with Crippen LogP contribution in [0, 0.1) is 6.92 Å². The number of hydrogen-bond donors (Lipinski definition) is 3. The van der Waals surface area contributed by atoms with Crippen molar-refractivity contribution in [3.8, 4) is 22.6 Å². The summed E-state index contributed by atoms with van der Waals surface area (Å²) in [5, 5.41) is 10.1. The molecule has 0 fully saturated rings. The Hall–Kier alpha value is -4.21. The molecule has 0 aliphatic rings. The van der Waals surface area contributed by atoms with Gasteiger partial charge in [-0.2, -0.15) is 15.1 Å². The van der Waals surface area contributed by atoms with Gasteiger partial charge in [0, 0.05) is 29.6 Å². The molecule has 5 rings (SSSR count). The molecule has 10 heteroatoms. The van der Waals surface area contributed by atoms with Gasteiger partial charge in [-0.3, -0.25) is 9.50 Å². The highest BCUT2D eigenvalue weighted by atomic mass is 16.3. The number of aromatic nitrogens is 7. The lowest BCUT2D eigenvalue weighted by Gasteiger charge is -2.07. The molecule has 0 aliphatic heterocycles. The number of nitrogens with two attached hydrogens (primary N) is 1. The number of H-pyrrole nitrogens is 1. The van der Waals surface area contributed by atoms with E-state index in [9.17, 15) is 0 Å². The number of nitrogens with one attached hydrogen (secondary N) is 2. The number of nitrogen functional groups attached to an aromatic ring is 1. The van der Waals surface area contributed by atoms with Crippen molar-refractivity contribution in [2.45, 2.75) is 6.92 Å². The molecule has 5 aromatic heterocycles. The highest BCUT2D eigenvalue weighted by Crippen LogP contribution is 2.31. The maximum atomic E-state index is 5.86. The highest BCUT2D eigenvalue weighted by Gasteiger charge is 2.19. The summed E-state index contributed by atoms with van der Waals surface area (Å²) in [5.41, 5.74) is 9.15. The van der Waals surface area contributed by atoms with E-state index < -0.39 is 0 Å². The monoisotopic (exact) mass is 373 g/mol. The first-order valence-electron chi connectivity index (χ1n) is 8.47. The van der Waals surface area contributed by atoms with Gasteiger partial charge in [0.15, 0.2) is 17.5 Å². The van der Waals surface area contributed by atoms with E-state index >= 15 is 0 Å². The Morgan fingerprint density at radius 2 is 2.00 bits per heavy atom. The summed E-state index contributed by atoms with van der Waals surface area (Å²) in [6.45, 7) is 1.77. The van der Waals surface area contributed by atoms with Gasteiger partial charge in [-0.25, -0.2) is 9.97 Å². The zero-order chi connectivity index (χ0) is 19.1. The second kappa shape index (κ2) is 6.20. The highest BCUT2D eigenvalue weighted by molar-refractivity contribution is 5.77. The normalized spacial score (nSPS) is 11.2. The van der Waals surface area contributed by atoms with Crippen LogP contribution < -0.4 is 11.1 Å². The molecule has 4 N–H and O–H groups in total. The molecule has 10 nitrogen and oxygen atoms in total. The minimum atomic E-state index is 0.147. The number of fused-ring (bicyclic) bond motifs is 1. The predicted molar refractivity (Wildman–Crippen MR) is 103 cm³/mol. The zero-order valence-corrected chi connectivity index (χ0v) is 14.8. The molecule has 5 aromatic rings. The van der Waals surface area contributed by atoms with Crippen LogP contribution >= 0.6 is 0 Å². The molecule has 0 radical (unpaired) electrons. The van der Waals surface area contributed by atoms with Gasteiger partial charge < -0.3 is 15.5 Å². The molecule has 5 heterocycles. The number of anilines is 3. The molecule has 0 aliphatic carbocycles. The molecule has 0 unspecified atom stereocenters. The van der Waals surface area contributed by atoms with Crippen molar-refractivity contribution < 1.29 is 4.42 Å². The van der Waals surface area contributed by atoms with Crippen LogP contribution in [-0.4, -0.2) is 34.5 Å². The van der Waals surface area contributed by atoms with Crippen LogP contribution in [0.25, 0.3) is 28.3 Å². The molecule has 0 amide bonds. The van der Waals surface area contributed by atoms with Gasteiger partial charge in [0.25, 0.3) is 0 Å². The van der Waals surface area contributed by atoms with Crippen molar-refractivity contribution in [2.75, 3.05) is 11.1 Å². The van der Waals surface area contributed by atoms with Crippen molar-refractivity contribution in [2.24, 2.45) is 0 Å². The third-order valence-electron chi connectivity index (χ3n) is 4.20. The van der Waals surface area contributed by atoms with Gasteiger partial charge >= 0.3 is 0 Å². The summed E-state index contributed by atoms with van der Waals surface area (Å²) in [7, 11) is 0. The quantitative estimate of drug-likeness (QED) is 0.437. The van der Waals surface area contributed by atoms with Crippen LogP contribution in [-0.2, 0) is 0 Å². The lowest BCUT2D eigenvalue weighted by atomic mass is 10.1. The number of nitrogens with zero attached hydrogens (tertiary/aromatic N) is 6. The molecule has 28 heavy (non-hydrogen) atoms. The summed E-state index contributed by atoms with van der Waals surface area (Å²) >= 11 is 0. The van der Waals surface area contributed by atoms with Crippen LogP contribution in [0.4, 0.5) is 17.6 Å². The second-order valence-corrected chi connectivity index (χ2v) is 6.12. The van der Waals surface area contributed by atoms with Crippen molar-refractivity contribution in [3.63, 3.8) is 0 Å². The van der Waals surface area contributed by atoms with Crippen molar-refractivity contribution in [3.05, 3.63) is 55.0 Å². The molecule has 0 saturated carbocycles. The summed E-state index contributed by atoms with van der Waals surface area (Å²) in [6, 6.07) is 7.59. The predicted octanol–water partition coefficient (Wildman–Crippen LogP) is 2.80. The molecule has 0 aromatic carbocycles. The zero-order valence-electron chi connectivity index (χ0n) is 14.8. The maximum Gasteiger partial charge on any atom is 0.223 e. The standard InChI is InChI=1S/C18H15N9O/c1-10-21-16(25-18(19)22-10)15-17(23-13-4-6-20-26-13)24-14-3-2-11(8-27(14)15)12-5-7-28-9-12/h2-9H,1H3,(H2,20,23,26)(H2,19,21,22,25). The Bertz CT molecular complexity index is 1240. The van der Waals surface area contributed by atoms with E-state index in [-0.39, 0.29) is 5.95 Å². The largest absolute Gasteiger partial charge is 0.472 e. The SMILES string of the molecule is Cc1nc(N)nc(-c2c(Nc3cc[nH]n3)nc3ccc(-c4ccoc4)cn23)n1. The van der Waals surface area contributed by atoms with Gasteiger partial charge in [0.2, 0.25) is 5.95 Å². The van der Waals surface area contributed by atoms with Crippen LogP contribution in [0.3, 0.4) is 0 Å². The third kappa shape index (κ3) is 2.72. The number of pyridine rings is 1. The summed E-state index contributed by atoms with van der Waals surface area (Å²) in [6.07, 6.45) is 6.99. The number of aromatic amines is 1. The smallest absolute Gasteiger partial charge is 0.223 e. The van der Waals surface area contributed by atoms with Crippen LogP contribution in [0.2, 0.25) is 0 Å². The van der Waals surface area contributed by atoms with E-state index in [1.54, 1.807) is 31.7 Å². The Morgan fingerprint density at radius 1 is 1.07 bits per heavy atom.